The maximum absolute atomic E-state index is 6.55. The van der Waals surface area contributed by atoms with E-state index in [2.05, 4.69) is 146 Å². The predicted molar refractivity (Wildman–Crippen MR) is 203 cm³/mol. The maximum Gasteiger partial charge on any atom is 0.170 e. The van der Waals surface area contributed by atoms with Crippen LogP contribution in [0.25, 0.3) is 55.9 Å². The second kappa shape index (κ2) is 10.6. The van der Waals surface area contributed by atoms with Crippen molar-refractivity contribution in [2.45, 2.75) is 5.41 Å². The minimum Gasteiger partial charge on any atom is -0.450 e. The highest BCUT2D eigenvalue weighted by molar-refractivity contribution is 5.97. The molecule has 8 aromatic rings. The molecule has 0 saturated heterocycles. The molecular formula is C48H29NO2. The molecule has 0 saturated carbocycles. The molecule has 238 valence electrons. The molecule has 7 aromatic carbocycles. The molecule has 1 aliphatic heterocycles. The fourth-order valence-electron chi connectivity index (χ4n) is 8.55. The summed E-state index contributed by atoms with van der Waals surface area (Å²) >= 11 is 0. The number of ether oxygens (including phenoxy) is 2. The lowest BCUT2D eigenvalue weighted by molar-refractivity contribution is 0.359. The first-order valence-corrected chi connectivity index (χ1v) is 17.4. The highest BCUT2D eigenvalue weighted by atomic mass is 16.6. The zero-order valence-corrected chi connectivity index (χ0v) is 27.5. The molecule has 1 spiro atoms. The largest absolute Gasteiger partial charge is 0.450 e. The number of rotatable bonds is 3. The molecule has 0 atom stereocenters. The molecule has 2 heterocycles. The van der Waals surface area contributed by atoms with Crippen LogP contribution in [0.4, 0.5) is 0 Å². The van der Waals surface area contributed by atoms with Gasteiger partial charge in [0.1, 0.15) is 0 Å². The van der Waals surface area contributed by atoms with Crippen LogP contribution in [0.1, 0.15) is 22.3 Å². The summed E-state index contributed by atoms with van der Waals surface area (Å²) in [5.41, 5.74) is 15.6. The van der Waals surface area contributed by atoms with Gasteiger partial charge in [0, 0.05) is 11.1 Å². The van der Waals surface area contributed by atoms with Crippen molar-refractivity contribution < 1.29 is 9.47 Å². The van der Waals surface area contributed by atoms with Gasteiger partial charge < -0.3 is 9.47 Å². The van der Waals surface area contributed by atoms with Crippen LogP contribution in [0.5, 0.6) is 23.0 Å². The average Bonchev–Trinajstić information content (AvgIpc) is 3.66. The quantitative estimate of drug-likeness (QED) is 0.190. The number of para-hydroxylation sites is 2. The lowest BCUT2D eigenvalue weighted by atomic mass is 9.70. The summed E-state index contributed by atoms with van der Waals surface area (Å²) in [5, 5.41) is 0. The summed E-state index contributed by atoms with van der Waals surface area (Å²) in [6.07, 6.45) is 0. The molecule has 0 N–H and O–H groups in total. The Bertz CT molecular complexity index is 2590. The summed E-state index contributed by atoms with van der Waals surface area (Å²) in [5.74, 6) is 2.90. The molecule has 0 bridgehead atoms. The van der Waals surface area contributed by atoms with Crippen LogP contribution in [0.2, 0.25) is 0 Å². The molecule has 3 nitrogen and oxygen atoms in total. The first-order chi connectivity index (χ1) is 25.3. The number of fused-ring (bicyclic) bond motifs is 12. The third kappa shape index (κ3) is 4.03. The molecule has 1 aromatic heterocycles. The van der Waals surface area contributed by atoms with Gasteiger partial charge in [0.2, 0.25) is 0 Å². The molecule has 3 aliphatic rings. The van der Waals surface area contributed by atoms with E-state index in [0.29, 0.717) is 0 Å². The smallest absolute Gasteiger partial charge is 0.170 e. The fraction of sp³-hybridized carbons (Fsp3) is 0.0208. The van der Waals surface area contributed by atoms with Gasteiger partial charge in [-0.25, -0.2) is 4.98 Å². The van der Waals surface area contributed by atoms with Gasteiger partial charge in [-0.05, 0) is 98.1 Å². The van der Waals surface area contributed by atoms with Crippen molar-refractivity contribution in [3.8, 4) is 78.9 Å². The van der Waals surface area contributed by atoms with Crippen molar-refractivity contribution in [1.82, 2.24) is 4.98 Å². The van der Waals surface area contributed by atoms with Gasteiger partial charge in [-0.3, -0.25) is 0 Å². The maximum atomic E-state index is 6.55. The van der Waals surface area contributed by atoms with Crippen LogP contribution in [-0.2, 0) is 5.41 Å². The van der Waals surface area contributed by atoms with E-state index in [-0.39, 0.29) is 0 Å². The number of hydrogen-bond donors (Lipinski definition) is 0. The Hall–Kier alpha value is -6.71. The van der Waals surface area contributed by atoms with E-state index in [1.807, 2.05) is 30.3 Å². The molecule has 0 unspecified atom stereocenters. The van der Waals surface area contributed by atoms with Crippen molar-refractivity contribution in [3.63, 3.8) is 0 Å². The van der Waals surface area contributed by atoms with E-state index in [1.165, 1.54) is 38.9 Å². The van der Waals surface area contributed by atoms with Crippen molar-refractivity contribution in [2.24, 2.45) is 0 Å². The van der Waals surface area contributed by atoms with E-state index in [9.17, 15) is 0 Å². The lowest BCUT2D eigenvalue weighted by Gasteiger charge is -2.31. The fourth-order valence-corrected chi connectivity index (χ4v) is 8.55. The van der Waals surface area contributed by atoms with Gasteiger partial charge in [0.15, 0.2) is 23.0 Å². The van der Waals surface area contributed by atoms with Crippen molar-refractivity contribution in [1.29, 1.82) is 0 Å². The molecule has 0 amide bonds. The molecule has 0 fully saturated rings. The van der Waals surface area contributed by atoms with Gasteiger partial charge in [-0.1, -0.05) is 133 Å². The Morgan fingerprint density at radius 2 is 0.824 bits per heavy atom. The normalized spacial score (nSPS) is 13.6. The van der Waals surface area contributed by atoms with E-state index >= 15 is 0 Å². The number of nitrogens with zero attached hydrogens (tertiary/aromatic N) is 1. The molecule has 11 rings (SSSR count). The number of aromatic nitrogens is 1. The van der Waals surface area contributed by atoms with Crippen LogP contribution in [0.3, 0.4) is 0 Å². The third-order valence-corrected chi connectivity index (χ3v) is 10.7. The van der Waals surface area contributed by atoms with Crippen molar-refractivity contribution in [3.05, 3.63) is 198 Å². The predicted octanol–water partition coefficient (Wildman–Crippen LogP) is 12.3. The van der Waals surface area contributed by atoms with Crippen molar-refractivity contribution >= 4 is 0 Å². The third-order valence-electron chi connectivity index (χ3n) is 10.7. The van der Waals surface area contributed by atoms with E-state index in [4.69, 9.17) is 14.5 Å². The van der Waals surface area contributed by atoms with E-state index < -0.39 is 5.41 Å². The van der Waals surface area contributed by atoms with Gasteiger partial charge in [0.05, 0.1) is 16.8 Å². The Balaban J connectivity index is 1.18. The first-order valence-electron chi connectivity index (χ1n) is 17.4. The highest BCUT2D eigenvalue weighted by Crippen LogP contribution is 2.65. The zero-order chi connectivity index (χ0) is 33.5. The Labute approximate surface area is 296 Å². The van der Waals surface area contributed by atoms with Crippen molar-refractivity contribution in [2.75, 3.05) is 0 Å². The summed E-state index contributed by atoms with van der Waals surface area (Å²) in [6.45, 7) is 0. The zero-order valence-electron chi connectivity index (χ0n) is 27.5. The van der Waals surface area contributed by atoms with E-state index in [0.717, 1.165) is 62.2 Å². The van der Waals surface area contributed by atoms with Crippen LogP contribution in [0.15, 0.2) is 176 Å². The summed E-state index contributed by atoms with van der Waals surface area (Å²) < 4.78 is 13.0. The SMILES string of the molecule is c1ccc(-c2cc(-c3ccccc3)nc(-c3ccc4c(c3)C3(c5ccccc5-c5ccccc53)c3cc5c(cc3-4)Oc3ccccc3O5)c2)cc1. The standard InChI is InChI=1S/C48H29NO2/c1-3-13-30(14-4-1)33-26-42(31-15-5-2-6-16-31)49-43(27-33)32-23-24-36-37-28-46-47(51-45-22-12-11-21-44(45)50-46)29-41(37)48(40(36)25-32)38-19-9-7-17-34(38)35-18-8-10-20-39(35)48/h1-29H. The summed E-state index contributed by atoms with van der Waals surface area (Å²) in [7, 11) is 0. The molecule has 3 heteroatoms. The lowest BCUT2D eigenvalue weighted by Crippen LogP contribution is -2.26. The Morgan fingerprint density at radius 1 is 0.314 bits per heavy atom. The topological polar surface area (TPSA) is 31.4 Å². The number of pyridine rings is 1. The summed E-state index contributed by atoms with van der Waals surface area (Å²) in [6, 6.07) is 62.4. The second-order valence-electron chi connectivity index (χ2n) is 13.5. The van der Waals surface area contributed by atoms with Gasteiger partial charge in [0.25, 0.3) is 0 Å². The monoisotopic (exact) mass is 651 g/mol. The minimum absolute atomic E-state index is 0.553. The summed E-state index contributed by atoms with van der Waals surface area (Å²) in [4.78, 5) is 5.32. The molecule has 51 heavy (non-hydrogen) atoms. The van der Waals surface area contributed by atoms with Gasteiger partial charge in [-0.2, -0.15) is 0 Å². The molecule has 2 aliphatic carbocycles. The Morgan fingerprint density at radius 3 is 1.49 bits per heavy atom. The Kier molecular flexibility index (Phi) is 5.88. The number of hydrogen-bond acceptors (Lipinski definition) is 3. The molecular weight excluding hydrogens is 623 g/mol. The molecule has 0 radical (unpaired) electrons. The average molecular weight is 652 g/mol. The van der Waals surface area contributed by atoms with Gasteiger partial charge >= 0.3 is 0 Å². The van der Waals surface area contributed by atoms with Crippen LogP contribution in [0, 0.1) is 0 Å². The van der Waals surface area contributed by atoms with Crippen LogP contribution >= 0.6 is 0 Å². The highest BCUT2D eigenvalue weighted by Gasteiger charge is 2.52. The minimum atomic E-state index is -0.553. The van der Waals surface area contributed by atoms with Gasteiger partial charge in [-0.15, -0.1) is 0 Å². The van der Waals surface area contributed by atoms with Crippen LogP contribution in [-0.4, -0.2) is 4.98 Å². The second-order valence-corrected chi connectivity index (χ2v) is 13.5. The first kappa shape index (κ1) is 28.2. The van der Waals surface area contributed by atoms with E-state index in [1.54, 1.807) is 0 Å². The number of benzene rings is 7. The van der Waals surface area contributed by atoms with Crippen LogP contribution < -0.4 is 9.47 Å².